The van der Waals surface area contributed by atoms with Crippen LogP contribution in [0.15, 0.2) is 66.2 Å². The number of benzene rings is 2. The first-order chi connectivity index (χ1) is 14.7. The van der Waals surface area contributed by atoms with Crippen molar-refractivity contribution >= 4 is 34.7 Å². The summed E-state index contributed by atoms with van der Waals surface area (Å²) < 4.78 is 39.3. The Bertz CT molecular complexity index is 1230. The minimum atomic E-state index is -4.67. The maximum absolute atomic E-state index is 13.1. The Hall–Kier alpha value is -3.97. The van der Waals surface area contributed by atoms with Crippen molar-refractivity contribution in [2.75, 3.05) is 5.32 Å². The number of halogens is 3. The van der Waals surface area contributed by atoms with Gasteiger partial charge in [-0.25, -0.2) is 0 Å². The lowest BCUT2D eigenvalue weighted by Gasteiger charge is -2.13. The van der Waals surface area contributed by atoms with Gasteiger partial charge in [-0.05, 0) is 35.9 Å². The summed E-state index contributed by atoms with van der Waals surface area (Å²) in [7, 11) is 0. The molecule has 3 aromatic rings. The van der Waals surface area contributed by atoms with Crippen LogP contribution in [0, 0.1) is 21.4 Å². The minimum Gasteiger partial charge on any atom is -0.321 e. The van der Waals surface area contributed by atoms with Crippen molar-refractivity contribution in [3.63, 3.8) is 0 Å². The molecular formula is C21H12F3N3O3S. The number of hydrogen-bond donors (Lipinski definition) is 1. The van der Waals surface area contributed by atoms with E-state index in [1.54, 1.807) is 24.3 Å². The number of amides is 1. The molecule has 0 atom stereocenters. The molecule has 1 aromatic heterocycles. The summed E-state index contributed by atoms with van der Waals surface area (Å²) in [4.78, 5) is 23.9. The Labute approximate surface area is 178 Å². The number of hydrogen-bond acceptors (Lipinski definition) is 5. The molecule has 0 radical (unpaired) electrons. The number of nitro benzene ring substituents is 1. The smallest absolute Gasteiger partial charge is 0.321 e. The summed E-state index contributed by atoms with van der Waals surface area (Å²) in [5.74, 6) is -0.982. The number of carbonyl (C=O) groups excluding carboxylic acids is 1. The van der Waals surface area contributed by atoms with Crippen LogP contribution in [-0.4, -0.2) is 10.8 Å². The van der Waals surface area contributed by atoms with Crippen molar-refractivity contribution in [3.05, 3.63) is 86.8 Å². The summed E-state index contributed by atoms with van der Waals surface area (Å²) in [6, 6.07) is 15.4. The predicted molar refractivity (Wildman–Crippen MR) is 110 cm³/mol. The number of para-hydroxylation sites is 1. The first kappa shape index (κ1) is 21.7. The second-order valence-corrected chi connectivity index (χ2v) is 7.29. The maximum atomic E-state index is 13.1. The van der Waals surface area contributed by atoms with Gasteiger partial charge in [-0.2, -0.15) is 18.4 Å². The fourth-order valence-electron chi connectivity index (χ4n) is 2.68. The topological polar surface area (TPSA) is 96.0 Å². The highest BCUT2D eigenvalue weighted by molar-refractivity contribution is 7.16. The molecule has 3 rings (SSSR count). The molecule has 0 saturated heterocycles. The largest absolute Gasteiger partial charge is 0.418 e. The van der Waals surface area contributed by atoms with E-state index in [0.717, 1.165) is 12.1 Å². The Morgan fingerprint density at radius 2 is 1.87 bits per heavy atom. The van der Waals surface area contributed by atoms with Crippen molar-refractivity contribution in [2.45, 2.75) is 6.18 Å². The standard InChI is InChI=1S/C21H12F3N3O3S/c22-21(23,24)17-6-1-2-7-18(17)26-20(28)14(12-25)11-16-8-9-19(31-16)13-4-3-5-15(10-13)27(29)30/h1-11H,(H,26,28)/b14-11+. The maximum Gasteiger partial charge on any atom is 0.418 e. The monoisotopic (exact) mass is 443 g/mol. The van der Waals surface area contributed by atoms with Gasteiger partial charge >= 0.3 is 6.18 Å². The highest BCUT2D eigenvalue weighted by Gasteiger charge is 2.33. The van der Waals surface area contributed by atoms with Gasteiger partial charge in [0.05, 0.1) is 16.2 Å². The Morgan fingerprint density at radius 3 is 2.55 bits per heavy atom. The predicted octanol–water partition coefficient (Wildman–Crippen LogP) is 5.89. The van der Waals surface area contributed by atoms with Gasteiger partial charge in [0, 0.05) is 21.9 Å². The van der Waals surface area contributed by atoms with E-state index in [2.05, 4.69) is 5.32 Å². The highest BCUT2D eigenvalue weighted by Crippen LogP contribution is 2.35. The van der Waals surface area contributed by atoms with Crippen molar-refractivity contribution in [2.24, 2.45) is 0 Å². The summed E-state index contributed by atoms with van der Waals surface area (Å²) >= 11 is 1.17. The fourth-order valence-corrected chi connectivity index (χ4v) is 3.63. The summed E-state index contributed by atoms with van der Waals surface area (Å²) in [6.45, 7) is 0. The Morgan fingerprint density at radius 1 is 1.13 bits per heavy atom. The molecule has 1 N–H and O–H groups in total. The fraction of sp³-hybridized carbons (Fsp3) is 0.0476. The van der Waals surface area contributed by atoms with E-state index in [4.69, 9.17) is 0 Å². The quantitative estimate of drug-likeness (QED) is 0.230. The molecule has 1 amide bonds. The summed E-state index contributed by atoms with van der Waals surface area (Å²) in [5.41, 5.74) is -1.36. The van der Waals surface area contributed by atoms with Crippen LogP contribution in [-0.2, 0) is 11.0 Å². The molecule has 0 aliphatic heterocycles. The molecule has 1 heterocycles. The molecule has 0 saturated carbocycles. The van der Waals surface area contributed by atoms with E-state index >= 15 is 0 Å². The van der Waals surface area contributed by atoms with Gasteiger partial charge in [0.25, 0.3) is 11.6 Å². The molecule has 0 aliphatic rings. The molecule has 0 fully saturated rings. The minimum absolute atomic E-state index is 0.0802. The van der Waals surface area contributed by atoms with Gasteiger partial charge in [-0.3, -0.25) is 14.9 Å². The number of nitro groups is 1. The van der Waals surface area contributed by atoms with E-state index in [0.29, 0.717) is 15.3 Å². The van der Waals surface area contributed by atoms with Gasteiger partial charge < -0.3 is 5.32 Å². The zero-order valence-corrected chi connectivity index (χ0v) is 16.3. The van der Waals surface area contributed by atoms with E-state index in [1.807, 2.05) is 0 Å². The lowest BCUT2D eigenvalue weighted by Crippen LogP contribution is -2.17. The zero-order valence-electron chi connectivity index (χ0n) is 15.5. The molecule has 0 aliphatic carbocycles. The van der Waals surface area contributed by atoms with Crippen LogP contribution >= 0.6 is 11.3 Å². The molecule has 156 valence electrons. The Kier molecular flexibility index (Phi) is 6.17. The van der Waals surface area contributed by atoms with Gasteiger partial charge in [-0.1, -0.05) is 24.3 Å². The van der Waals surface area contributed by atoms with Gasteiger partial charge in [0.2, 0.25) is 0 Å². The molecule has 0 spiro atoms. The number of non-ortho nitro benzene ring substituents is 1. The van der Waals surface area contributed by atoms with Crippen LogP contribution in [0.1, 0.15) is 10.4 Å². The third kappa shape index (κ3) is 5.15. The SMILES string of the molecule is N#C/C(=C\c1ccc(-c2cccc([N+](=O)[O-])c2)s1)C(=O)Nc1ccccc1C(F)(F)F. The number of alkyl halides is 3. The number of rotatable bonds is 5. The Balaban J connectivity index is 1.85. The average molecular weight is 443 g/mol. The second-order valence-electron chi connectivity index (χ2n) is 6.18. The number of anilines is 1. The van der Waals surface area contributed by atoms with Gasteiger partial charge in [0.15, 0.2) is 0 Å². The van der Waals surface area contributed by atoms with E-state index in [9.17, 15) is 33.3 Å². The van der Waals surface area contributed by atoms with E-state index in [-0.39, 0.29) is 11.3 Å². The normalized spacial score (nSPS) is 11.6. The first-order valence-corrected chi connectivity index (χ1v) is 9.44. The molecule has 10 heteroatoms. The summed E-state index contributed by atoms with van der Waals surface area (Å²) in [6.07, 6.45) is -3.42. The lowest BCUT2D eigenvalue weighted by atomic mass is 10.1. The van der Waals surface area contributed by atoms with Crippen molar-refractivity contribution in [1.29, 1.82) is 5.26 Å². The van der Waals surface area contributed by atoms with E-state index < -0.39 is 28.3 Å². The first-order valence-electron chi connectivity index (χ1n) is 8.63. The van der Waals surface area contributed by atoms with Gasteiger partial charge in [0.1, 0.15) is 11.6 Å². The third-order valence-corrected chi connectivity index (χ3v) is 5.18. The van der Waals surface area contributed by atoms with E-state index in [1.165, 1.54) is 47.7 Å². The third-order valence-electron chi connectivity index (χ3n) is 4.10. The van der Waals surface area contributed by atoms with Crippen LogP contribution in [0.5, 0.6) is 0 Å². The van der Waals surface area contributed by atoms with Gasteiger partial charge in [-0.15, -0.1) is 11.3 Å². The van der Waals surface area contributed by atoms with Crippen molar-refractivity contribution < 1.29 is 22.9 Å². The number of carbonyl (C=O) groups is 1. The highest BCUT2D eigenvalue weighted by atomic mass is 32.1. The average Bonchev–Trinajstić information content (AvgIpc) is 3.20. The number of nitrogens with one attached hydrogen (secondary N) is 1. The van der Waals surface area contributed by atoms with Crippen molar-refractivity contribution in [3.8, 4) is 16.5 Å². The molecule has 2 aromatic carbocycles. The number of thiophene rings is 1. The van der Waals surface area contributed by atoms with Crippen LogP contribution in [0.25, 0.3) is 16.5 Å². The zero-order chi connectivity index (χ0) is 22.6. The molecule has 0 bridgehead atoms. The van der Waals surface area contributed by atoms with Crippen LogP contribution < -0.4 is 5.32 Å². The summed E-state index contributed by atoms with van der Waals surface area (Å²) in [5, 5.41) is 22.4. The van der Waals surface area contributed by atoms with Crippen LogP contribution in [0.2, 0.25) is 0 Å². The number of nitrogens with zero attached hydrogens (tertiary/aromatic N) is 2. The molecule has 6 nitrogen and oxygen atoms in total. The second kappa shape index (κ2) is 8.81. The van der Waals surface area contributed by atoms with Crippen LogP contribution in [0.4, 0.5) is 24.5 Å². The molecule has 31 heavy (non-hydrogen) atoms. The van der Waals surface area contributed by atoms with Crippen molar-refractivity contribution in [1.82, 2.24) is 0 Å². The molecule has 0 unspecified atom stereocenters. The van der Waals surface area contributed by atoms with Crippen LogP contribution in [0.3, 0.4) is 0 Å². The molecular weight excluding hydrogens is 431 g/mol. The lowest BCUT2D eigenvalue weighted by molar-refractivity contribution is -0.384. The number of nitriles is 1.